The van der Waals surface area contributed by atoms with Crippen LogP contribution in [-0.4, -0.2) is 41.2 Å². The number of carbonyl (C=O) groups is 1. The van der Waals surface area contributed by atoms with E-state index in [4.69, 9.17) is 4.42 Å². The number of nitrogens with zero attached hydrogens (tertiary/aromatic N) is 3. The monoisotopic (exact) mass is 324 g/mol. The van der Waals surface area contributed by atoms with Gasteiger partial charge in [0.25, 0.3) is 5.91 Å². The van der Waals surface area contributed by atoms with Crippen LogP contribution in [0.1, 0.15) is 22.2 Å². The summed E-state index contributed by atoms with van der Waals surface area (Å²) in [7, 11) is 3.91. The Hall–Kier alpha value is -2.86. The zero-order chi connectivity index (χ0) is 16.9. The predicted octanol–water partition coefficient (Wildman–Crippen LogP) is 2.50. The van der Waals surface area contributed by atoms with E-state index in [-0.39, 0.29) is 11.9 Å². The maximum Gasteiger partial charge on any atom is 0.251 e. The molecule has 1 atom stereocenters. The van der Waals surface area contributed by atoms with E-state index in [9.17, 15) is 4.79 Å². The van der Waals surface area contributed by atoms with Crippen LogP contribution >= 0.6 is 0 Å². The number of carbonyl (C=O) groups excluding carboxylic acids is 1. The zero-order valence-electron chi connectivity index (χ0n) is 13.7. The second kappa shape index (κ2) is 7.14. The average Bonchev–Trinajstić information content (AvgIpc) is 3.28. The fourth-order valence-corrected chi connectivity index (χ4v) is 2.50. The number of benzene rings is 1. The van der Waals surface area contributed by atoms with Gasteiger partial charge in [0.05, 0.1) is 18.0 Å². The lowest BCUT2D eigenvalue weighted by molar-refractivity contribution is 0.0939. The van der Waals surface area contributed by atoms with Gasteiger partial charge in [-0.15, -0.1) is 0 Å². The summed E-state index contributed by atoms with van der Waals surface area (Å²) in [4.78, 5) is 14.4. The number of amides is 1. The highest BCUT2D eigenvalue weighted by Gasteiger charge is 2.18. The third kappa shape index (κ3) is 3.55. The SMILES string of the molecule is CN(C)C(CNC(=O)c1ccc(-n2cccn2)cc1)c1ccco1. The molecule has 0 aliphatic carbocycles. The summed E-state index contributed by atoms with van der Waals surface area (Å²) in [5, 5.41) is 7.13. The largest absolute Gasteiger partial charge is 0.468 e. The minimum atomic E-state index is -0.111. The molecule has 0 fully saturated rings. The Bertz CT molecular complexity index is 762. The molecule has 6 nitrogen and oxygen atoms in total. The number of hydrogen-bond acceptors (Lipinski definition) is 4. The molecule has 0 aliphatic heterocycles. The molecular formula is C18H20N4O2. The molecule has 0 saturated carbocycles. The standard InChI is InChI=1S/C18H20N4O2/c1-21(2)16(17-5-3-12-24-17)13-19-18(23)14-6-8-15(9-7-14)22-11-4-10-20-22/h3-12,16H,13H2,1-2H3,(H,19,23). The Balaban J connectivity index is 1.64. The van der Waals surface area contributed by atoms with Crippen molar-refractivity contribution in [2.24, 2.45) is 0 Å². The first-order chi connectivity index (χ1) is 11.6. The second-order valence-corrected chi connectivity index (χ2v) is 5.70. The van der Waals surface area contributed by atoms with E-state index in [1.807, 2.05) is 55.5 Å². The van der Waals surface area contributed by atoms with E-state index in [1.165, 1.54) is 0 Å². The van der Waals surface area contributed by atoms with Crippen molar-refractivity contribution in [1.29, 1.82) is 0 Å². The Kier molecular flexibility index (Phi) is 4.77. The van der Waals surface area contributed by atoms with Crippen LogP contribution in [0.25, 0.3) is 5.69 Å². The van der Waals surface area contributed by atoms with Crippen LogP contribution in [0.2, 0.25) is 0 Å². The van der Waals surface area contributed by atoms with E-state index in [0.717, 1.165) is 11.4 Å². The quantitative estimate of drug-likeness (QED) is 0.757. The van der Waals surface area contributed by atoms with Gasteiger partial charge in [0.15, 0.2) is 0 Å². The molecule has 1 aromatic carbocycles. The molecule has 24 heavy (non-hydrogen) atoms. The number of nitrogens with one attached hydrogen (secondary N) is 1. The molecule has 3 aromatic rings. The Morgan fingerprint density at radius 1 is 1.25 bits per heavy atom. The van der Waals surface area contributed by atoms with Crippen molar-refractivity contribution in [2.75, 3.05) is 20.6 Å². The summed E-state index contributed by atoms with van der Waals surface area (Å²) in [6, 6.07) is 12.9. The van der Waals surface area contributed by atoms with Gasteiger partial charge in [0.1, 0.15) is 5.76 Å². The number of hydrogen-bond donors (Lipinski definition) is 1. The normalized spacial score (nSPS) is 12.3. The lowest BCUT2D eigenvalue weighted by Crippen LogP contribution is -2.34. The molecule has 3 rings (SSSR count). The third-order valence-electron chi connectivity index (χ3n) is 3.85. The lowest BCUT2D eigenvalue weighted by Gasteiger charge is -2.22. The third-order valence-corrected chi connectivity index (χ3v) is 3.85. The Morgan fingerprint density at radius 3 is 2.62 bits per heavy atom. The van der Waals surface area contributed by atoms with Gasteiger partial charge in [-0.2, -0.15) is 5.10 Å². The van der Waals surface area contributed by atoms with Crippen molar-refractivity contribution in [3.8, 4) is 5.69 Å². The molecular weight excluding hydrogens is 304 g/mol. The van der Waals surface area contributed by atoms with Gasteiger partial charge in [0, 0.05) is 24.5 Å². The van der Waals surface area contributed by atoms with Crippen LogP contribution < -0.4 is 5.32 Å². The number of furan rings is 1. The Labute approximate surface area is 140 Å². The fourth-order valence-electron chi connectivity index (χ4n) is 2.50. The molecule has 2 heterocycles. The summed E-state index contributed by atoms with van der Waals surface area (Å²) >= 11 is 0. The predicted molar refractivity (Wildman–Crippen MR) is 91.0 cm³/mol. The van der Waals surface area contributed by atoms with Crippen LogP contribution in [0.15, 0.2) is 65.5 Å². The molecule has 1 amide bonds. The van der Waals surface area contributed by atoms with Gasteiger partial charge in [0.2, 0.25) is 0 Å². The summed E-state index contributed by atoms with van der Waals surface area (Å²) in [5.41, 5.74) is 1.53. The molecule has 2 aromatic heterocycles. The summed E-state index contributed by atoms with van der Waals surface area (Å²) in [5.74, 6) is 0.717. The first-order valence-electron chi connectivity index (χ1n) is 7.73. The van der Waals surface area contributed by atoms with E-state index in [1.54, 1.807) is 29.3 Å². The topological polar surface area (TPSA) is 63.3 Å². The lowest BCUT2D eigenvalue weighted by atomic mass is 10.1. The summed E-state index contributed by atoms with van der Waals surface area (Å²) < 4.78 is 7.20. The molecule has 0 bridgehead atoms. The summed E-state index contributed by atoms with van der Waals surface area (Å²) in [6.07, 6.45) is 5.22. The minimum absolute atomic E-state index is 0.00713. The van der Waals surface area contributed by atoms with Crippen LogP contribution in [0.4, 0.5) is 0 Å². The van der Waals surface area contributed by atoms with Crippen molar-refractivity contribution >= 4 is 5.91 Å². The van der Waals surface area contributed by atoms with Crippen LogP contribution in [-0.2, 0) is 0 Å². The van der Waals surface area contributed by atoms with Crippen LogP contribution in [0, 0.1) is 0 Å². The average molecular weight is 324 g/mol. The fraction of sp³-hybridized carbons (Fsp3) is 0.222. The molecule has 1 unspecified atom stereocenters. The van der Waals surface area contributed by atoms with Crippen LogP contribution in [0.3, 0.4) is 0 Å². The van der Waals surface area contributed by atoms with Crippen molar-refractivity contribution in [2.45, 2.75) is 6.04 Å². The summed E-state index contributed by atoms with van der Waals surface area (Å²) in [6.45, 7) is 0.472. The van der Waals surface area contributed by atoms with Crippen molar-refractivity contribution in [1.82, 2.24) is 20.0 Å². The Morgan fingerprint density at radius 2 is 2.04 bits per heavy atom. The van der Waals surface area contributed by atoms with E-state index >= 15 is 0 Å². The van der Waals surface area contributed by atoms with Gasteiger partial charge in [-0.1, -0.05) is 0 Å². The second-order valence-electron chi connectivity index (χ2n) is 5.70. The maximum absolute atomic E-state index is 12.4. The van der Waals surface area contributed by atoms with Crippen molar-refractivity contribution < 1.29 is 9.21 Å². The number of aromatic nitrogens is 2. The highest BCUT2D eigenvalue weighted by atomic mass is 16.3. The van der Waals surface area contributed by atoms with Crippen molar-refractivity contribution in [3.63, 3.8) is 0 Å². The van der Waals surface area contributed by atoms with E-state index in [2.05, 4.69) is 10.4 Å². The number of rotatable bonds is 6. The van der Waals surface area contributed by atoms with E-state index in [0.29, 0.717) is 12.1 Å². The van der Waals surface area contributed by atoms with Gasteiger partial charge in [-0.3, -0.25) is 9.69 Å². The van der Waals surface area contributed by atoms with Gasteiger partial charge >= 0.3 is 0 Å². The first-order valence-corrected chi connectivity index (χ1v) is 7.73. The van der Waals surface area contributed by atoms with E-state index < -0.39 is 0 Å². The van der Waals surface area contributed by atoms with Gasteiger partial charge < -0.3 is 9.73 Å². The van der Waals surface area contributed by atoms with Crippen LogP contribution in [0.5, 0.6) is 0 Å². The maximum atomic E-state index is 12.4. The molecule has 0 radical (unpaired) electrons. The highest BCUT2D eigenvalue weighted by Crippen LogP contribution is 2.17. The van der Waals surface area contributed by atoms with Crippen molar-refractivity contribution in [3.05, 3.63) is 72.4 Å². The molecule has 0 spiro atoms. The molecule has 0 aliphatic rings. The van der Waals surface area contributed by atoms with Gasteiger partial charge in [-0.05, 0) is 56.6 Å². The molecule has 0 saturated heterocycles. The minimum Gasteiger partial charge on any atom is -0.468 e. The molecule has 124 valence electrons. The smallest absolute Gasteiger partial charge is 0.251 e. The van der Waals surface area contributed by atoms with Gasteiger partial charge in [-0.25, -0.2) is 4.68 Å². The molecule has 6 heteroatoms. The highest BCUT2D eigenvalue weighted by molar-refractivity contribution is 5.94. The zero-order valence-corrected chi connectivity index (χ0v) is 13.7. The first kappa shape index (κ1) is 16.0. The number of likely N-dealkylation sites (N-methyl/N-ethyl adjacent to an activating group) is 1. The molecule has 1 N–H and O–H groups in total.